The Hall–Kier alpha value is -4.83. The zero-order chi connectivity index (χ0) is 35.9. The summed E-state index contributed by atoms with van der Waals surface area (Å²) < 4.78 is 55.1. The topological polar surface area (TPSA) is 125 Å². The second-order valence-corrected chi connectivity index (χ2v) is 15.0. The predicted molar refractivity (Wildman–Crippen MR) is 197 cm³/mol. The summed E-state index contributed by atoms with van der Waals surface area (Å²) in [6.07, 6.45) is -0.863. The van der Waals surface area contributed by atoms with Crippen LogP contribution in [0.5, 0.6) is 28.7 Å². The summed E-state index contributed by atoms with van der Waals surface area (Å²) in [5.74, 6) is 2.58. The summed E-state index contributed by atoms with van der Waals surface area (Å²) in [7, 11) is -2.29. The summed E-state index contributed by atoms with van der Waals surface area (Å²) in [5.41, 5.74) is 3.92. The molecule has 52 heavy (non-hydrogen) atoms. The van der Waals surface area contributed by atoms with Crippen LogP contribution in [0.15, 0.2) is 115 Å². The first-order valence-electron chi connectivity index (χ1n) is 17.2. The molecule has 11 heteroatoms. The van der Waals surface area contributed by atoms with Gasteiger partial charge in [-0.1, -0.05) is 60.7 Å². The van der Waals surface area contributed by atoms with Crippen molar-refractivity contribution in [2.24, 2.45) is 0 Å². The van der Waals surface area contributed by atoms with E-state index in [1.54, 1.807) is 30.3 Å². The number of hydrogen-bond donors (Lipinski definition) is 2. The Bertz CT molecular complexity index is 1990. The molecule has 270 valence electrons. The van der Waals surface area contributed by atoms with Gasteiger partial charge in [0.05, 0.1) is 23.8 Å². The van der Waals surface area contributed by atoms with Crippen LogP contribution in [0.2, 0.25) is 0 Å². The van der Waals surface area contributed by atoms with Crippen LogP contribution in [0.1, 0.15) is 11.1 Å². The summed E-state index contributed by atoms with van der Waals surface area (Å²) in [6, 6.07) is 35.6. The van der Waals surface area contributed by atoms with Gasteiger partial charge in [0.15, 0.2) is 0 Å². The van der Waals surface area contributed by atoms with Crippen molar-refractivity contribution in [2.75, 3.05) is 46.8 Å². The molecule has 0 radical (unpaired) electrons. The molecular weight excluding hydrogens is 683 g/mol. The van der Waals surface area contributed by atoms with Gasteiger partial charge in [0.2, 0.25) is 0 Å². The molecule has 5 aromatic rings. The maximum Gasteiger partial charge on any atom is 0.311 e. The Kier molecular flexibility index (Phi) is 11.1. The average molecular weight is 725 g/mol. The van der Waals surface area contributed by atoms with E-state index in [1.165, 1.54) is 7.11 Å². The molecule has 1 fully saturated rings. The Morgan fingerprint density at radius 2 is 1.25 bits per heavy atom. The number of methoxy groups -OCH3 is 1. The largest absolute Gasteiger partial charge is 0.491 e. The molecule has 1 saturated heterocycles. The van der Waals surface area contributed by atoms with E-state index >= 15 is 4.57 Å². The number of aliphatic hydroxyl groups excluding tert-OH is 2. The van der Waals surface area contributed by atoms with Crippen molar-refractivity contribution >= 4 is 18.0 Å². The minimum absolute atomic E-state index is 0.00388. The first-order valence-corrected chi connectivity index (χ1v) is 18.8. The number of benzene rings is 5. The minimum Gasteiger partial charge on any atom is -0.491 e. The monoisotopic (exact) mass is 724 g/mol. The highest BCUT2D eigenvalue weighted by Gasteiger charge is 2.40. The number of ether oxygens (including phenoxy) is 6. The first kappa shape index (κ1) is 35.6. The summed E-state index contributed by atoms with van der Waals surface area (Å²) in [6.45, 7) is 1.26. The van der Waals surface area contributed by atoms with E-state index in [4.69, 9.17) is 32.9 Å². The zero-order valence-corrected chi connectivity index (χ0v) is 29.7. The van der Waals surface area contributed by atoms with Gasteiger partial charge in [0.1, 0.15) is 73.5 Å². The number of epoxide rings is 1. The van der Waals surface area contributed by atoms with Crippen molar-refractivity contribution in [3.63, 3.8) is 0 Å². The van der Waals surface area contributed by atoms with Crippen molar-refractivity contribution in [3.8, 4) is 39.9 Å². The van der Waals surface area contributed by atoms with Crippen LogP contribution in [0, 0.1) is 0 Å². The minimum atomic E-state index is -3.78. The Balaban J connectivity index is 0.993. The molecule has 10 nitrogen and oxygen atoms in total. The van der Waals surface area contributed by atoms with Crippen LogP contribution in [0.3, 0.4) is 0 Å². The van der Waals surface area contributed by atoms with E-state index in [0.717, 1.165) is 41.0 Å². The Labute approximate surface area is 302 Å². The van der Waals surface area contributed by atoms with Crippen LogP contribution in [0.25, 0.3) is 11.1 Å². The molecule has 0 aliphatic carbocycles. The molecule has 4 unspecified atom stereocenters. The van der Waals surface area contributed by atoms with Gasteiger partial charge in [-0.15, -0.1) is 0 Å². The fourth-order valence-corrected chi connectivity index (χ4v) is 8.30. The van der Waals surface area contributed by atoms with E-state index in [-0.39, 0.29) is 43.6 Å². The molecule has 0 bridgehead atoms. The molecule has 4 atom stereocenters. The third-order valence-electron chi connectivity index (χ3n) is 8.64. The highest BCUT2D eigenvalue weighted by molar-refractivity contribution is 7.75. The van der Waals surface area contributed by atoms with Crippen LogP contribution < -0.4 is 34.1 Å². The molecule has 5 aromatic carbocycles. The molecule has 0 spiro atoms. The van der Waals surface area contributed by atoms with E-state index < -0.39 is 19.6 Å². The quantitative estimate of drug-likeness (QED) is 0.0932. The predicted octanol–water partition coefficient (Wildman–Crippen LogP) is 5.55. The number of fused-ring (bicyclic) bond motifs is 3. The molecule has 0 amide bonds. The Morgan fingerprint density at radius 3 is 1.94 bits per heavy atom. The van der Waals surface area contributed by atoms with Gasteiger partial charge in [0.25, 0.3) is 0 Å². The standard InChI is InChI=1S/C41H41O10P/c1-45-22-30(42)25-50-39-19-18-34(21-41(39)52(44)40-9-5-3-7-37(40)36-6-2-4-8-38(36)51-52)47-24-31(43)23-46-32-14-10-28(11-15-32)20-29-12-16-33(17-13-29)48-26-35-27-49-35/h2-19,21,30-31,35,42-43H,20,22-27H2,1H3. The second kappa shape index (κ2) is 16.2. The fourth-order valence-electron chi connectivity index (χ4n) is 5.89. The maximum absolute atomic E-state index is 15.0. The van der Waals surface area contributed by atoms with Gasteiger partial charge in [-0.2, -0.15) is 0 Å². The van der Waals surface area contributed by atoms with E-state index in [1.807, 2.05) is 72.8 Å². The van der Waals surface area contributed by atoms with Crippen LogP contribution in [-0.4, -0.2) is 75.3 Å². The fraction of sp³-hybridized carbons (Fsp3) is 0.268. The molecule has 2 heterocycles. The molecule has 0 saturated carbocycles. The lowest BCUT2D eigenvalue weighted by Crippen LogP contribution is -2.29. The molecular formula is C41H41O10P. The van der Waals surface area contributed by atoms with Crippen molar-refractivity contribution < 1.29 is 47.7 Å². The van der Waals surface area contributed by atoms with Gasteiger partial charge in [-0.05, 0) is 77.7 Å². The molecule has 2 aliphatic rings. The first-order chi connectivity index (χ1) is 25.4. The highest BCUT2D eigenvalue weighted by atomic mass is 31.2. The number of aliphatic hydroxyl groups is 2. The third-order valence-corrected chi connectivity index (χ3v) is 11.1. The lowest BCUT2D eigenvalue weighted by molar-refractivity contribution is 0.0327. The number of hydrogen-bond acceptors (Lipinski definition) is 10. The SMILES string of the molecule is COCC(O)COc1ccc(OCC(O)COc2ccc(Cc3ccc(OCC4CO4)cc3)cc2)cc1P1(=O)Oc2ccccc2-c2ccccc21. The van der Waals surface area contributed by atoms with Crippen LogP contribution >= 0.6 is 7.37 Å². The molecule has 0 aromatic heterocycles. The summed E-state index contributed by atoms with van der Waals surface area (Å²) >= 11 is 0. The van der Waals surface area contributed by atoms with Gasteiger partial charge in [0, 0.05) is 12.7 Å². The van der Waals surface area contributed by atoms with Crippen molar-refractivity contribution in [3.05, 3.63) is 126 Å². The number of para-hydroxylation sites is 1. The molecule has 7 rings (SSSR count). The van der Waals surface area contributed by atoms with Crippen molar-refractivity contribution in [1.82, 2.24) is 0 Å². The second-order valence-electron chi connectivity index (χ2n) is 12.7. The molecule has 2 N–H and O–H groups in total. The third kappa shape index (κ3) is 8.61. The van der Waals surface area contributed by atoms with Crippen LogP contribution in [0.4, 0.5) is 0 Å². The lowest BCUT2D eigenvalue weighted by atomic mass is 10.0. The normalized spacial score (nSPS) is 18.2. The molecule has 2 aliphatic heterocycles. The zero-order valence-electron chi connectivity index (χ0n) is 28.8. The summed E-state index contributed by atoms with van der Waals surface area (Å²) in [5, 5.41) is 21.8. The smallest absolute Gasteiger partial charge is 0.311 e. The van der Waals surface area contributed by atoms with Gasteiger partial charge >= 0.3 is 7.37 Å². The van der Waals surface area contributed by atoms with Crippen LogP contribution in [-0.2, 0) is 20.5 Å². The van der Waals surface area contributed by atoms with Gasteiger partial charge < -0.3 is 43.2 Å². The Morgan fingerprint density at radius 1 is 0.673 bits per heavy atom. The maximum atomic E-state index is 15.0. The average Bonchev–Trinajstić information content (AvgIpc) is 4.01. The number of rotatable bonds is 17. The van der Waals surface area contributed by atoms with Gasteiger partial charge in [-0.25, -0.2) is 0 Å². The summed E-state index contributed by atoms with van der Waals surface area (Å²) in [4.78, 5) is 0. The van der Waals surface area contributed by atoms with E-state index in [9.17, 15) is 10.2 Å². The highest BCUT2D eigenvalue weighted by Crippen LogP contribution is 2.55. The van der Waals surface area contributed by atoms with Crippen molar-refractivity contribution in [1.29, 1.82) is 0 Å². The van der Waals surface area contributed by atoms with Gasteiger partial charge in [-0.3, -0.25) is 4.57 Å². The van der Waals surface area contributed by atoms with E-state index in [2.05, 4.69) is 12.1 Å². The van der Waals surface area contributed by atoms with Crippen molar-refractivity contribution in [2.45, 2.75) is 24.7 Å². The lowest BCUT2D eigenvalue weighted by Gasteiger charge is -2.30. The van der Waals surface area contributed by atoms with E-state index in [0.29, 0.717) is 29.2 Å².